The first-order chi connectivity index (χ1) is 6.93. The normalized spacial score (nSPS) is 11.7. The van der Waals surface area contributed by atoms with E-state index >= 15 is 0 Å². The van der Waals surface area contributed by atoms with Crippen molar-refractivity contribution in [3.8, 4) is 11.5 Å². The van der Waals surface area contributed by atoms with Crippen molar-refractivity contribution in [1.82, 2.24) is 0 Å². The molecule has 1 nitrogen and oxygen atoms in total. The van der Waals surface area contributed by atoms with E-state index in [-0.39, 0.29) is 18.9 Å². The average molecular weight is 188 g/mol. The van der Waals surface area contributed by atoms with Crippen LogP contribution in [0.5, 0.6) is 11.5 Å². The quantitative estimate of drug-likeness (QED) is 0.361. The number of rotatable bonds is 0. The summed E-state index contributed by atoms with van der Waals surface area (Å²) >= 11 is 0. The van der Waals surface area contributed by atoms with Gasteiger partial charge in [0.05, 0.1) is 0 Å². The molecule has 0 saturated carbocycles. The molecule has 3 rings (SSSR count). The summed E-state index contributed by atoms with van der Waals surface area (Å²) in [6, 6.07) is 17.1. The van der Waals surface area contributed by atoms with Gasteiger partial charge in [-0.1, -0.05) is 18.2 Å². The summed E-state index contributed by atoms with van der Waals surface area (Å²) in [6.45, 7) is 0. The molecule has 0 aliphatic carbocycles. The number of fused-ring (bicyclic) bond motifs is 2. The van der Waals surface area contributed by atoms with E-state index in [1.807, 2.05) is 36.4 Å². The number of ether oxygens (including phenoxy) is 1. The molecule has 1 heterocycles. The van der Waals surface area contributed by atoms with Gasteiger partial charge in [-0.3, -0.25) is 0 Å². The monoisotopic (exact) mass is 188 g/mol. The molecule has 1 aliphatic heterocycles. The van der Waals surface area contributed by atoms with Crippen molar-refractivity contribution >= 4 is 0 Å². The van der Waals surface area contributed by atoms with Gasteiger partial charge in [0, 0.05) is 5.75 Å². The molecule has 0 spiro atoms. The van der Waals surface area contributed by atoms with E-state index in [0.717, 1.165) is 17.9 Å². The van der Waals surface area contributed by atoms with Gasteiger partial charge in [-0.2, -0.15) is 18.2 Å². The summed E-state index contributed by atoms with van der Waals surface area (Å²) < 4.78 is 5.76. The number of hydrogen-bond acceptors (Lipinski definition) is 1. The Bertz CT molecular complexity index is 392. The third-order valence-electron chi connectivity index (χ3n) is 2.48. The van der Waals surface area contributed by atoms with Crippen LogP contribution in [0.25, 0.3) is 0 Å². The van der Waals surface area contributed by atoms with Crippen LogP contribution in [0, 0.1) is 6.07 Å². The number of hydrogen-bond donors (Lipinski definition) is 0. The summed E-state index contributed by atoms with van der Waals surface area (Å²) in [5, 5.41) is 0. The first-order valence-electron chi connectivity index (χ1n) is 4.68. The molecule has 0 fully saturated rings. The van der Waals surface area contributed by atoms with Crippen LogP contribution in [0.1, 0.15) is 11.1 Å². The second kappa shape index (κ2) is 4.14. The fourth-order valence-electron chi connectivity index (χ4n) is 1.76. The van der Waals surface area contributed by atoms with Gasteiger partial charge in [-0.05, 0) is 18.1 Å². The van der Waals surface area contributed by atoms with Crippen molar-refractivity contribution < 1.29 is 23.6 Å². The summed E-state index contributed by atoms with van der Waals surface area (Å²) in [6.07, 6.45) is 0.947. The third-order valence-corrected chi connectivity index (χ3v) is 2.48. The molecule has 68 valence electrons. The Morgan fingerprint density at radius 3 is 2.73 bits per heavy atom. The van der Waals surface area contributed by atoms with E-state index < -0.39 is 0 Å². The minimum atomic E-state index is 0. The van der Waals surface area contributed by atoms with Crippen molar-refractivity contribution in [3.63, 3.8) is 0 Å². The van der Waals surface area contributed by atoms with Gasteiger partial charge >= 0.3 is 18.9 Å². The number of para-hydroxylation sites is 1. The second-order valence-corrected chi connectivity index (χ2v) is 3.42. The zero-order valence-electron chi connectivity index (χ0n) is 8.66. The zero-order valence-corrected chi connectivity index (χ0v) is 8.66. The molecule has 15 heavy (non-hydrogen) atoms. The van der Waals surface area contributed by atoms with Crippen molar-refractivity contribution in [2.45, 2.75) is 6.42 Å². The van der Waals surface area contributed by atoms with Gasteiger partial charge in [-0.25, -0.2) is 0 Å². The molecule has 2 aromatic rings. The molecule has 0 amide bonds. The summed E-state index contributed by atoms with van der Waals surface area (Å²) in [5.74, 6) is 1.94. The van der Waals surface area contributed by atoms with E-state index in [4.69, 9.17) is 4.74 Å². The smallest absolute Gasteiger partial charge is 0.482 e. The van der Waals surface area contributed by atoms with Gasteiger partial charge in [0.2, 0.25) is 0 Å². The van der Waals surface area contributed by atoms with E-state index in [1.165, 1.54) is 11.1 Å². The van der Waals surface area contributed by atoms with Crippen LogP contribution >= 0.6 is 0 Å². The molecular weight excluding hydrogens is 179 g/mol. The average Bonchev–Trinajstić information content (AvgIpc) is 2.26. The molecule has 1 aliphatic rings. The first-order valence-corrected chi connectivity index (χ1v) is 4.68. The van der Waals surface area contributed by atoms with Crippen molar-refractivity contribution in [1.29, 1.82) is 0 Å². The van der Waals surface area contributed by atoms with E-state index in [0.29, 0.717) is 0 Å². The van der Waals surface area contributed by atoms with Crippen LogP contribution < -0.4 is 23.6 Å². The Hall–Kier alpha value is -1.16. The van der Waals surface area contributed by atoms with Crippen molar-refractivity contribution in [2.24, 2.45) is 0 Å². The number of benzene rings is 2. The Kier molecular flexibility index (Phi) is 2.86. The summed E-state index contributed by atoms with van der Waals surface area (Å²) in [5.41, 5.74) is 2.46. The van der Waals surface area contributed by atoms with Gasteiger partial charge in [0.1, 0.15) is 5.75 Å². The Labute approximate surface area is 101 Å². The SMILES string of the molecule is [Li+].[c-]1ccc2c(c1)Cc1ccccc1O2. The van der Waals surface area contributed by atoms with Crippen molar-refractivity contribution in [2.75, 3.05) is 0 Å². The standard InChI is InChI=1S/C13H9O.Li/c1-3-7-12-10(5-1)9-11-6-2-4-8-13(11)14-12;/h1,3-8H,9H2;/q-1;+1. The Morgan fingerprint density at radius 2 is 1.80 bits per heavy atom. The molecule has 0 aromatic heterocycles. The summed E-state index contributed by atoms with van der Waals surface area (Å²) in [4.78, 5) is 0. The minimum Gasteiger partial charge on any atom is -0.482 e. The van der Waals surface area contributed by atoms with Gasteiger partial charge < -0.3 is 4.74 Å². The maximum atomic E-state index is 5.76. The first kappa shape index (κ1) is 10.4. The summed E-state index contributed by atoms with van der Waals surface area (Å²) in [7, 11) is 0. The fraction of sp³-hybridized carbons (Fsp3) is 0.0769. The van der Waals surface area contributed by atoms with Crippen LogP contribution in [0.4, 0.5) is 0 Å². The molecule has 2 aromatic carbocycles. The molecule has 0 atom stereocenters. The molecule has 0 radical (unpaired) electrons. The third kappa shape index (κ3) is 1.81. The molecule has 0 N–H and O–H groups in total. The molecule has 0 saturated heterocycles. The van der Waals surface area contributed by atoms with Gasteiger partial charge in [0.15, 0.2) is 0 Å². The predicted molar refractivity (Wildman–Crippen MR) is 54.6 cm³/mol. The predicted octanol–water partition coefficient (Wildman–Crippen LogP) is 0.187. The maximum absolute atomic E-state index is 5.76. The minimum absolute atomic E-state index is 0. The van der Waals surface area contributed by atoms with E-state index in [1.54, 1.807) is 0 Å². The molecule has 0 unspecified atom stereocenters. The van der Waals surface area contributed by atoms with Gasteiger partial charge in [-0.15, -0.1) is 11.6 Å². The zero-order chi connectivity index (χ0) is 9.38. The largest absolute Gasteiger partial charge is 1.00 e. The molecule has 2 heteroatoms. The molecular formula is C13H9LiO. The van der Waals surface area contributed by atoms with Crippen LogP contribution in [0.15, 0.2) is 42.5 Å². The van der Waals surface area contributed by atoms with E-state index in [9.17, 15) is 0 Å². The maximum Gasteiger partial charge on any atom is 1.00 e. The molecule has 0 bridgehead atoms. The Balaban J connectivity index is 0.000000853. The second-order valence-electron chi connectivity index (χ2n) is 3.42. The Morgan fingerprint density at radius 1 is 1.00 bits per heavy atom. The fourth-order valence-corrected chi connectivity index (χ4v) is 1.76. The van der Waals surface area contributed by atoms with Crippen molar-refractivity contribution in [3.05, 3.63) is 59.7 Å². The van der Waals surface area contributed by atoms with Crippen LogP contribution in [-0.4, -0.2) is 0 Å². The topological polar surface area (TPSA) is 9.23 Å². The van der Waals surface area contributed by atoms with Gasteiger partial charge in [0.25, 0.3) is 0 Å². The van der Waals surface area contributed by atoms with Crippen LogP contribution in [0.3, 0.4) is 0 Å². The van der Waals surface area contributed by atoms with Crippen LogP contribution in [-0.2, 0) is 6.42 Å². The van der Waals surface area contributed by atoms with Crippen LogP contribution in [0.2, 0.25) is 0 Å². The van der Waals surface area contributed by atoms with E-state index in [2.05, 4.69) is 12.1 Å².